The Bertz CT molecular complexity index is 295. The summed E-state index contributed by atoms with van der Waals surface area (Å²) in [6.07, 6.45) is 0. The van der Waals surface area contributed by atoms with Gasteiger partial charge in [-0.25, -0.2) is 9.80 Å². The van der Waals surface area contributed by atoms with E-state index in [4.69, 9.17) is 10.2 Å². The quantitative estimate of drug-likeness (QED) is 0.355. The van der Waals surface area contributed by atoms with Crippen LogP contribution in [-0.4, -0.2) is 52.8 Å². The predicted octanol–water partition coefficient (Wildman–Crippen LogP) is -2.33. The number of aliphatic hydroxyl groups is 2. The van der Waals surface area contributed by atoms with E-state index in [2.05, 4.69) is 9.84 Å². The molecule has 13 heavy (non-hydrogen) atoms. The molecule has 0 fully saturated rings. The normalized spacial score (nSPS) is 20.2. The summed E-state index contributed by atoms with van der Waals surface area (Å²) in [6, 6.07) is 0. The second-order valence-corrected chi connectivity index (χ2v) is 2.44. The molecular formula is C6H8N2O5. The van der Waals surface area contributed by atoms with Crippen LogP contribution in [-0.2, 0) is 14.3 Å². The Balaban J connectivity index is 3.05. The molecule has 1 rings (SSSR count). The molecular weight excluding hydrogens is 180 g/mol. The number of hydrogen-bond acceptors (Lipinski definition) is 6. The molecule has 0 aromatic heterocycles. The van der Waals surface area contributed by atoms with Crippen molar-refractivity contribution in [3.8, 4) is 0 Å². The Morgan fingerprint density at radius 3 is 2.46 bits per heavy atom. The molecule has 0 aliphatic carbocycles. The fraction of sp³-hybridized carbons (Fsp3) is 0.500. The molecule has 1 aliphatic rings. The highest BCUT2D eigenvalue weighted by Crippen LogP contribution is 2.16. The van der Waals surface area contributed by atoms with Gasteiger partial charge in [0, 0.05) is 7.05 Å². The van der Waals surface area contributed by atoms with Crippen LogP contribution in [0.4, 0.5) is 0 Å². The number of hydrazone groups is 1. The fourth-order valence-electron chi connectivity index (χ4n) is 0.872. The third-order valence-corrected chi connectivity index (χ3v) is 1.55. The molecule has 72 valence electrons. The zero-order chi connectivity index (χ0) is 10.2. The van der Waals surface area contributed by atoms with Crippen molar-refractivity contribution >= 4 is 17.6 Å². The minimum atomic E-state index is -2.87. The molecule has 7 nitrogen and oxygen atoms in total. The summed E-state index contributed by atoms with van der Waals surface area (Å²) in [5.41, 5.74) is -0.734. The average molecular weight is 188 g/mol. The van der Waals surface area contributed by atoms with Crippen LogP contribution in [0.1, 0.15) is 0 Å². The summed E-state index contributed by atoms with van der Waals surface area (Å²) in [6.45, 7) is 0. The molecule has 0 radical (unpaired) electrons. The number of ether oxygens (including phenoxy) is 1. The Hall–Kier alpha value is -1.47. The largest absolute Gasteiger partial charge is 0.464 e. The molecule has 0 aromatic carbocycles. The van der Waals surface area contributed by atoms with Crippen LogP contribution in [0, 0.1) is 0 Å². The third kappa shape index (κ3) is 1.27. The van der Waals surface area contributed by atoms with Crippen LogP contribution in [0.15, 0.2) is 5.10 Å². The first kappa shape index (κ1) is 9.62. The minimum absolute atomic E-state index is 0.659. The van der Waals surface area contributed by atoms with Crippen molar-refractivity contribution < 1.29 is 24.5 Å². The lowest BCUT2D eigenvalue weighted by Crippen LogP contribution is -2.48. The van der Waals surface area contributed by atoms with Crippen molar-refractivity contribution in [3.63, 3.8) is 0 Å². The number of nitrogens with zero attached hydrogens (tertiary/aromatic N) is 2. The Kier molecular flexibility index (Phi) is 2.06. The van der Waals surface area contributed by atoms with Gasteiger partial charge in [-0.05, 0) is 0 Å². The van der Waals surface area contributed by atoms with Gasteiger partial charge < -0.3 is 14.9 Å². The predicted molar refractivity (Wildman–Crippen MR) is 39.4 cm³/mol. The maximum atomic E-state index is 11.0. The standard InChI is InChI=1S/C6H8N2O5/c1-8-5(10)6(11,12)3(7-8)4(9)13-2/h11-12H,1-2H3. The molecule has 2 N–H and O–H groups in total. The number of hydrogen-bond donors (Lipinski definition) is 2. The van der Waals surface area contributed by atoms with Gasteiger partial charge >= 0.3 is 17.7 Å². The number of amides is 1. The molecule has 0 bridgehead atoms. The highest BCUT2D eigenvalue weighted by atomic mass is 16.5. The number of methoxy groups -OCH3 is 1. The van der Waals surface area contributed by atoms with E-state index in [1.807, 2.05) is 0 Å². The maximum absolute atomic E-state index is 11.0. The van der Waals surface area contributed by atoms with Crippen LogP contribution in [0.5, 0.6) is 0 Å². The van der Waals surface area contributed by atoms with Gasteiger partial charge in [0.2, 0.25) is 5.71 Å². The van der Waals surface area contributed by atoms with E-state index >= 15 is 0 Å². The van der Waals surface area contributed by atoms with Gasteiger partial charge in [0.15, 0.2) is 0 Å². The summed E-state index contributed by atoms with van der Waals surface area (Å²) >= 11 is 0. The smallest absolute Gasteiger partial charge is 0.360 e. The van der Waals surface area contributed by atoms with Crippen molar-refractivity contribution in [2.75, 3.05) is 14.2 Å². The summed E-state index contributed by atoms with van der Waals surface area (Å²) in [5, 5.41) is 22.2. The molecule has 0 saturated heterocycles. The fourth-order valence-corrected chi connectivity index (χ4v) is 0.872. The number of carbonyl (C=O) groups is 2. The molecule has 0 unspecified atom stereocenters. The van der Waals surface area contributed by atoms with Crippen LogP contribution in [0.2, 0.25) is 0 Å². The third-order valence-electron chi connectivity index (χ3n) is 1.55. The van der Waals surface area contributed by atoms with E-state index in [1.54, 1.807) is 0 Å². The van der Waals surface area contributed by atoms with E-state index in [1.165, 1.54) is 7.05 Å². The lowest BCUT2D eigenvalue weighted by atomic mass is 10.1. The molecule has 1 amide bonds. The van der Waals surface area contributed by atoms with Crippen LogP contribution < -0.4 is 0 Å². The van der Waals surface area contributed by atoms with Crippen LogP contribution >= 0.6 is 0 Å². The highest BCUT2D eigenvalue weighted by molar-refractivity contribution is 6.44. The van der Waals surface area contributed by atoms with Gasteiger partial charge in [-0.2, -0.15) is 5.10 Å². The van der Waals surface area contributed by atoms with Crippen LogP contribution in [0.25, 0.3) is 0 Å². The molecule has 1 aliphatic heterocycles. The molecule has 0 saturated carbocycles. The van der Waals surface area contributed by atoms with Crippen molar-refractivity contribution in [2.24, 2.45) is 5.10 Å². The number of carbonyl (C=O) groups excluding carboxylic acids is 2. The number of esters is 1. The molecule has 0 spiro atoms. The topological polar surface area (TPSA) is 99.4 Å². The number of rotatable bonds is 1. The molecule has 7 heteroatoms. The van der Waals surface area contributed by atoms with Gasteiger partial charge in [0.1, 0.15) is 0 Å². The first-order chi connectivity index (χ1) is 5.91. The Morgan fingerprint density at radius 2 is 2.15 bits per heavy atom. The van der Waals surface area contributed by atoms with E-state index in [0.717, 1.165) is 7.11 Å². The van der Waals surface area contributed by atoms with Gasteiger partial charge in [-0.3, -0.25) is 4.79 Å². The molecule has 1 heterocycles. The monoisotopic (exact) mass is 188 g/mol. The second kappa shape index (κ2) is 2.79. The SMILES string of the molecule is COC(=O)C1=NN(C)C(=O)C1(O)O. The van der Waals surface area contributed by atoms with E-state index in [-0.39, 0.29) is 0 Å². The maximum Gasteiger partial charge on any atom is 0.360 e. The summed E-state index contributed by atoms with van der Waals surface area (Å²) in [4.78, 5) is 21.8. The van der Waals surface area contributed by atoms with Gasteiger partial charge in [0.05, 0.1) is 7.11 Å². The highest BCUT2D eigenvalue weighted by Gasteiger charge is 2.51. The van der Waals surface area contributed by atoms with Gasteiger partial charge in [0.25, 0.3) is 0 Å². The van der Waals surface area contributed by atoms with E-state index < -0.39 is 23.4 Å². The Morgan fingerprint density at radius 1 is 1.62 bits per heavy atom. The van der Waals surface area contributed by atoms with Crippen molar-refractivity contribution in [3.05, 3.63) is 0 Å². The van der Waals surface area contributed by atoms with Crippen LogP contribution in [0.3, 0.4) is 0 Å². The van der Waals surface area contributed by atoms with Crippen molar-refractivity contribution in [1.29, 1.82) is 0 Å². The Labute approximate surface area is 73.2 Å². The first-order valence-corrected chi connectivity index (χ1v) is 3.31. The molecule has 0 aromatic rings. The van der Waals surface area contributed by atoms with Gasteiger partial charge in [-0.1, -0.05) is 0 Å². The first-order valence-electron chi connectivity index (χ1n) is 3.31. The zero-order valence-corrected chi connectivity index (χ0v) is 7.01. The lowest BCUT2D eigenvalue weighted by Gasteiger charge is -2.13. The molecule has 0 atom stereocenters. The van der Waals surface area contributed by atoms with E-state index in [0.29, 0.717) is 5.01 Å². The van der Waals surface area contributed by atoms with E-state index in [9.17, 15) is 9.59 Å². The zero-order valence-electron chi connectivity index (χ0n) is 7.01. The summed E-state index contributed by atoms with van der Waals surface area (Å²) < 4.78 is 4.20. The van der Waals surface area contributed by atoms with Crippen molar-refractivity contribution in [1.82, 2.24) is 5.01 Å². The summed E-state index contributed by atoms with van der Waals surface area (Å²) in [7, 11) is 2.24. The second-order valence-electron chi connectivity index (χ2n) is 2.44. The van der Waals surface area contributed by atoms with Crippen molar-refractivity contribution in [2.45, 2.75) is 5.79 Å². The van der Waals surface area contributed by atoms with Gasteiger partial charge in [-0.15, -0.1) is 0 Å². The average Bonchev–Trinajstić information content (AvgIpc) is 2.28. The number of likely N-dealkylation sites (N-methyl/N-ethyl adjacent to an activating group) is 1. The summed E-state index contributed by atoms with van der Waals surface area (Å²) in [5.74, 6) is -5.02. The lowest BCUT2D eigenvalue weighted by molar-refractivity contribution is -0.168. The minimum Gasteiger partial charge on any atom is -0.464 e.